The second-order valence-corrected chi connectivity index (χ2v) is 7.27. The van der Waals surface area contributed by atoms with E-state index in [2.05, 4.69) is 4.72 Å². The molecule has 1 saturated heterocycles. The van der Waals surface area contributed by atoms with E-state index in [-0.39, 0.29) is 23.2 Å². The smallest absolute Gasteiger partial charge is 0.407 e. The van der Waals surface area contributed by atoms with Crippen molar-refractivity contribution in [3.8, 4) is 0 Å². The first-order valence-corrected chi connectivity index (χ1v) is 8.70. The van der Waals surface area contributed by atoms with E-state index in [1.807, 2.05) is 0 Å². The molecule has 23 heavy (non-hydrogen) atoms. The van der Waals surface area contributed by atoms with E-state index in [1.54, 1.807) is 0 Å². The van der Waals surface area contributed by atoms with E-state index in [0.717, 1.165) is 0 Å². The molecular formula is C14H20N4O4S. The Labute approximate surface area is 134 Å². The van der Waals surface area contributed by atoms with Crippen LogP contribution >= 0.6 is 0 Å². The number of hydrogen-bond donors (Lipinski definition) is 4. The molecular weight excluding hydrogens is 320 g/mol. The molecule has 5 N–H and O–H groups in total. The second-order valence-electron chi connectivity index (χ2n) is 5.50. The van der Waals surface area contributed by atoms with Crippen molar-refractivity contribution < 1.29 is 18.3 Å². The number of carbonyl (C=O) groups is 1. The van der Waals surface area contributed by atoms with Gasteiger partial charge in [0.2, 0.25) is 10.0 Å². The number of piperidine rings is 1. The van der Waals surface area contributed by atoms with Crippen molar-refractivity contribution in [1.29, 1.82) is 5.41 Å². The summed E-state index contributed by atoms with van der Waals surface area (Å²) in [4.78, 5) is 12.3. The quantitative estimate of drug-likeness (QED) is 0.460. The maximum atomic E-state index is 12.2. The number of amides is 1. The minimum absolute atomic E-state index is 0.116. The average Bonchev–Trinajstić information content (AvgIpc) is 2.53. The summed E-state index contributed by atoms with van der Waals surface area (Å²) in [6.45, 7) is 1.13. The monoisotopic (exact) mass is 340 g/mol. The highest BCUT2D eigenvalue weighted by atomic mass is 32.2. The fourth-order valence-electron chi connectivity index (χ4n) is 2.45. The Kier molecular flexibility index (Phi) is 5.22. The number of likely N-dealkylation sites (tertiary alicyclic amines) is 1. The molecule has 8 nitrogen and oxygen atoms in total. The molecule has 126 valence electrons. The van der Waals surface area contributed by atoms with Crippen LogP contribution < -0.4 is 10.5 Å². The molecule has 1 aliphatic heterocycles. The van der Waals surface area contributed by atoms with Gasteiger partial charge in [-0.25, -0.2) is 17.9 Å². The van der Waals surface area contributed by atoms with Gasteiger partial charge >= 0.3 is 6.09 Å². The van der Waals surface area contributed by atoms with E-state index < -0.39 is 16.1 Å². The number of nitrogens with one attached hydrogen (secondary N) is 2. The predicted octanol–water partition coefficient (Wildman–Crippen LogP) is 0.639. The molecule has 0 aliphatic carbocycles. The van der Waals surface area contributed by atoms with Crippen molar-refractivity contribution in [3.63, 3.8) is 0 Å². The molecule has 0 aromatic heterocycles. The van der Waals surface area contributed by atoms with Crippen molar-refractivity contribution >= 4 is 22.0 Å². The standard InChI is InChI=1S/C14H20N4O4S/c15-13(16)11-1-3-12(4-2-11)23(21,22)17-9-10-5-7-18(8-6-10)14(19)20/h1-4,10,17H,5-9H2,(H3,15,16)(H,19,20). The van der Waals surface area contributed by atoms with E-state index in [9.17, 15) is 13.2 Å². The number of nitrogen functional groups attached to an aromatic ring is 1. The van der Waals surface area contributed by atoms with Crippen LogP contribution in [0.25, 0.3) is 0 Å². The van der Waals surface area contributed by atoms with Crippen LogP contribution in [0.3, 0.4) is 0 Å². The summed E-state index contributed by atoms with van der Waals surface area (Å²) in [7, 11) is -3.62. The van der Waals surface area contributed by atoms with Gasteiger partial charge in [-0.05, 0) is 43.0 Å². The van der Waals surface area contributed by atoms with Crippen LogP contribution in [0, 0.1) is 11.3 Å². The number of nitrogens with zero attached hydrogens (tertiary/aromatic N) is 1. The molecule has 2 rings (SSSR count). The van der Waals surface area contributed by atoms with Gasteiger partial charge in [0.25, 0.3) is 0 Å². The van der Waals surface area contributed by atoms with Crippen molar-refractivity contribution in [2.45, 2.75) is 17.7 Å². The number of hydrogen-bond acceptors (Lipinski definition) is 4. The van der Waals surface area contributed by atoms with Gasteiger partial charge in [0.15, 0.2) is 0 Å². The molecule has 1 fully saturated rings. The summed E-state index contributed by atoms with van der Waals surface area (Å²) in [6, 6.07) is 5.79. The highest BCUT2D eigenvalue weighted by molar-refractivity contribution is 7.89. The number of nitrogens with two attached hydrogens (primary N) is 1. The van der Waals surface area contributed by atoms with Gasteiger partial charge in [-0.1, -0.05) is 0 Å². The van der Waals surface area contributed by atoms with Crippen LogP contribution in [0.2, 0.25) is 0 Å². The topological polar surface area (TPSA) is 137 Å². The maximum absolute atomic E-state index is 12.2. The molecule has 9 heteroatoms. The lowest BCUT2D eigenvalue weighted by atomic mass is 9.97. The zero-order chi connectivity index (χ0) is 17.0. The lowest BCUT2D eigenvalue weighted by Crippen LogP contribution is -2.40. The average molecular weight is 340 g/mol. The van der Waals surface area contributed by atoms with Gasteiger partial charge in [0, 0.05) is 25.2 Å². The van der Waals surface area contributed by atoms with Gasteiger partial charge in [0.1, 0.15) is 5.84 Å². The summed E-state index contributed by atoms with van der Waals surface area (Å²) in [5.41, 5.74) is 5.80. The van der Waals surface area contributed by atoms with E-state index in [4.69, 9.17) is 16.2 Å². The van der Waals surface area contributed by atoms with Gasteiger partial charge < -0.3 is 15.7 Å². The largest absolute Gasteiger partial charge is 0.465 e. The number of rotatable bonds is 5. The van der Waals surface area contributed by atoms with Gasteiger partial charge in [-0.15, -0.1) is 0 Å². The predicted molar refractivity (Wildman–Crippen MR) is 85.0 cm³/mol. The van der Waals surface area contributed by atoms with Gasteiger partial charge in [-0.2, -0.15) is 0 Å². The molecule has 1 amide bonds. The molecule has 1 aromatic rings. The van der Waals surface area contributed by atoms with Crippen molar-refractivity contribution in [1.82, 2.24) is 9.62 Å². The normalized spacial score (nSPS) is 16.3. The summed E-state index contributed by atoms with van der Waals surface area (Å²) in [6.07, 6.45) is 0.338. The second kappa shape index (κ2) is 6.97. The molecule has 0 radical (unpaired) electrons. The van der Waals surface area contributed by atoms with Crippen LogP contribution in [0.5, 0.6) is 0 Å². The number of benzene rings is 1. The van der Waals surface area contributed by atoms with Crippen LogP contribution in [-0.2, 0) is 10.0 Å². The fourth-order valence-corrected chi connectivity index (χ4v) is 3.57. The SMILES string of the molecule is N=C(N)c1ccc(S(=O)(=O)NCC2CCN(C(=O)O)CC2)cc1. The Morgan fingerprint density at radius 2 is 1.87 bits per heavy atom. The Balaban J connectivity index is 1.92. The third-order valence-corrected chi connectivity index (χ3v) is 5.36. The third-order valence-electron chi connectivity index (χ3n) is 3.92. The number of carboxylic acid groups (broad SMARTS) is 1. The fraction of sp³-hybridized carbons (Fsp3) is 0.429. The van der Waals surface area contributed by atoms with Crippen LogP contribution in [0.4, 0.5) is 4.79 Å². The van der Waals surface area contributed by atoms with E-state index >= 15 is 0 Å². The minimum Gasteiger partial charge on any atom is -0.465 e. The summed E-state index contributed by atoms with van der Waals surface area (Å²) < 4.78 is 27.0. The summed E-state index contributed by atoms with van der Waals surface area (Å²) in [5.74, 6) is 0.00367. The summed E-state index contributed by atoms with van der Waals surface area (Å²) in [5, 5.41) is 16.2. The highest BCUT2D eigenvalue weighted by Crippen LogP contribution is 2.17. The minimum atomic E-state index is -3.62. The van der Waals surface area contributed by atoms with Crippen LogP contribution in [0.15, 0.2) is 29.2 Å². The van der Waals surface area contributed by atoms with Gasteiger partial charge in [0.05, 0.1) is 4.90 Å². The Morgan fingerprint density at radius 1 is 1.30 bits per heavy atom. The first kappa shape index (κ1) is 17.2. The molecule has 0 saturated carbocycles. The third kappa shape index (κ3) is 4.42. The highest BCUT2D eigenvalue weighted by Gasteiger charge is 2.24. The van der Waals surface area contributed by atoms with Crippen LogP contribution in [-0.4, -0.2) is 50.0 Å². The first-order valence-electron chi connectivity index (χ1n) is 7.21. The molecule has 0 spiro atoms. The zero-order valence-corrected chi connectivity index (χ0v) is 13.3. The van der Waals surface area contributed by atoms with E-state index in [1.165, 1.54) is 29.2 Å². The lowest BCUT2D eigenvalue weighted by Gasteiger charge is -2.29. The van der Waals surface area contributed by atoms with Crippen molar-refractivity contribution in [3.05, 3.63) is 29.8 Å². The zero-order valence-electron chi connectivity index (χ0n) is 12.5. The molecule has 0 bridgehead atoms. The lowest BCUT2D eigenvalue weighted by molar-refractivity contribution is 0.125. The van der Waals surface area contributed by atoms with Gasteiger partial charge in [-0.3, -0.25) is 5.41 Å². The molecule has 0 atom stereocenters. The Hall–Kier alpha value is -2.13. The Morgan fingerprint density at radius 3 is 2.35 bits per heavy atom. The first-order chi connectivity index (χ1) is 10.8. The molecule has 0 unspecified atom stereocenters. The summed E-state index contributed by atoms with van der Waals surface area (Å²) >= 11 is 0. The molecule has 1 aliphatic rings. The molecule has 1 aromatic carbocycles. The van der Waals surface area contributed by atoms with Crippen LogP contribution in [0.1, 0.15) is 18.4 Å². The number of sulfonamides is 1. The molecule has 1 heterocycles. The van der Waals surface area contributed by atoms with Crippen molar-refractivity contribution in [2.75, 3.05) is 19.6 Å². The van der Waals surface area contributed by atoms with E-state index in [0.29, 0.717) is 31.5 Å². The van der Waals surface area contributed by atoms with Crippen molar-refractivity contribution in [2.24, 2.45) is 11.7 Å². The number of amidine groups is 1. The Bertz CT molecular complexity index is 679. The maximum Gasteiger partial charge on any atom is 0.407 e.